The summed E-state index contributed by atoms with van der Waals surface area (Å²) in [5, 5.41) is 9.47. The largest absolute Gasteiger partial charge is 0.392 e. The Morgan fingerprint density at radius 3 is 2.71 bits per heavy atom. The molecule has 0 saturated heterocycles. The average molecular weight is 257 g/mol. The third kappa shape index (κ3) is 2.93. The fraction of sp³-hybridized carbons (Fsp3) is 0.364. The molecule has 14 heavy (non-hydrogen) atoms. The minimum Gasteiger partial charge on any atom is -0.392 e. The van der Waals surface area contributed by atoms with Crippen LogP contribution in [0.3, 0.4) is 0 Å². The lowest BCUT2D eigenvalue weighted by Gasteiger charge is -2.06. The van der Waals surface area contributed by atoms with Crippen LogP contribution in [0.25, 0.3) is 0 Å². The smallest absolute Gasteiger partial charge is 0.147 e. The molecule has 1 aromatic carbocycles. The number of aliphatic hydroxyl groups excluding tert-OH is 1. The maximum Gasteiger partial charge on any atom is 0.147 e. The van der Waals surface area contributed by atoms with Gasteiger partial charge in [0.15, 0.2) is 0 Å². The second-order valence-electron chi connectivity index (χ2n) is 3.28. The maximum absolute atomic E-state index is 11.2. The lowest BCUT2D eigenvalue weighted by Crippen LogP contribution is -2.06. The van der Waals surface area contributed by atoms with Gasteiger partial charge in [0, 0.05) is 6.42 Å². The highest BCUT2D eigenvalue weighted by atomic mass is 79.9. The highest BCUT2D eigenvalue weighted by Crippen LogP contribution is 2.13. The predicted octanol–water partition coefficient (Wildman–Crippen LogP) is 1.99. The lowest BCUT2D eigenvalue weighted by molar-refractivity contribution is -0.115. The molecule has 76 valence electrons. The van der Waals surface area contributed by atoms with Gasteiger partial charge in [-0.1, -0.05) is 39.7 Å². The van der Waals surface area contributed by atoms with Crippen molar-refractivity contribution in [1.82, 2.24) is 0 Å². The highest BCUT2D eigenvalue weighted by molar-refractivity contribution is 9.09. The van der Waals surface area contributed by atoms with E-state index < -0.39 is 0 Å². The first-order valence-corrected chi connectivity index (χ1v) is 5.56. The van der Waals surface area contributed by atoms with Gasteiger partial charge in [-0.25, -0.2) is 0 Å². The molecule has 0 saturated carbocycles. The molecule has 0 bridgehead atoms. The van der Waals surface area contributed by atoms with Crippen LogP contribution < -0.4 is 0 Å². The summed E-state index contributed by atoms with van der Waals surface area (Å²) in [5.74, 6) is 0.128. The standard InChI is InChI=1S/C11H13BrO2/c1-8-2-3-9(5-11(14)6-12)10(4-8)7-13/h2-4,13H,5-7H2,1H3. The van der Waals surface area contributed by atoms with Gasteiger partial charge in [-0.2, -0.15) is 0 Å². The number of hydrogen-bond acceptors (Lipinski definition) is 2. The van der Waals surface area contributed by atoms with Crippen molar-refractivity contribution in [3.8, 4) is 0 Å². The van der Waals surface area contributed by atoms with Crippen LogP contribution in [0.15, 0.2) is 18.2 Å². The van der Waals surface area contributed by atoms with E-state index in [1.165, 1.54) is 0 Å². The molecule has 0 unspecified atom stereocenters. The zero-order chi connectivity index (χ0) is 10.6. The number of alkyl halides is 1. The summed E-state index contributed by atoms with van der Waals surface area (Å²) in [6, 6.07) is 5.77. The Morgan fingerprint density at radius 1 is 1.43 bits per heavy atom. The molecule has 3 heteroatoms. The minimum atomic E-state index is -0.00736. The summed E-state index contributed by atoms with van der Waals surface area (Å²) in [4.78, 5) is 11.2. The monoisotopic (exact) mass is 256 g/mol. The molecule has 0 aliphatic heterocycles. The van der Waals surface area contributed by atoms with Crippen LogP contribution in [-0.2, 0) is 17.8 Å². The molecule has 0 heterocycles. The third-order valence-corrected chi connectivity index (χ3v) is 2.69. The van der Waals surface area contributed by atoms with Gasteiger partial charge in [0.2, 0.25) is 0 Å². The van der Waals surface area contributed by atoms with E-state index in [2.05, 4.69) is 15.9 Å². The normalized spacial score (nSPS) is 10.2. The number of carbonyl (C=O) groups excluding carboxylic acids is 1. The Morgan fingerprint density at radius 2 is 2.14 bits per heavy atom. The fourth-order valence-electron chi connectivity index (χ4n) is 1.33. The second-order valence-corrected chi connectivity index (χ2v) is 3.84. The van der Waals surface area contributed by atoms with Crippen LogP contribution in [0.1, 0.15) is 16.7 Å². The fourth-order valence-corrected chi connectivity index (χ4v) is 1.53. The van der Waals surface area contributed by atoms with Gasteiger partial charge in [0.25, 0.3) is 0 Å². The molecule has 0 fully saturated rings. The highest BCUT2D eigenvalue weighted by Gasteiger charge is 2.06. The van der Waals surface area contributed by atoms with Gasteiger partial charge >= 0.3 is 0 Å². The van der Waals surface area contributed by atoms with Gasteiger partial charge < -0.3 is 5.11 Å². The predicted molar refractivity (Wildman–Crippen MR) is 59.6 cm³/mol. The number of rotatable bonds is 4. The molecule has 0 atom stereocenters. The van der Waals surface area contributed by atoms with E-state index in [1.54, 1.807) is 0 Å². The molecule has 0 radical (unpaired) electrons. The molecule has 2 nitrogen and oxygen atoms in total. The molecule has 0 aliphatic carbocycles. The van der Waals surface area contributed by atoms with E-state index >= 15 is 0 Å². The zero-order valence-corrected chi connectivity index (χ0v) is 9.67. The molecule has 0 aliphatic rings. The summed E-state index contributed by atoms with van der Waals surface area (Å²) < 4.78 is 0. The van der Waals surface area contributed by atoms with Crippen LogP contribution in [0.5, 0.6) is 0 Å². The van der Waals surface area contributed by atoms with Crippen LogP contribution in [0.4, 0.5) is 0 Å². The van der Waals surface area contributed by atoms with Crippen molar-refractivity contribution in [2.24, 2.45) is 0 Å². The van der Waals surface area contributed by atoms with Crippen LogP contribution in [0, 0.1) is 6.92 Å². The van der Waals surface area contributed by atoms with E-state index in [0.717, 1.165) is 16.7 Å². The lowest BCUT2D eigenvalue weighted by atomic mass is 10.0. The van der Waals surface area contributed by atoms with Gasteiger partial charge in [-0.05, 0) is 18.1 Å². The topological polar surface area (TPSA) is 37.3 Å². The van der Waals surface area contributed by atoms with Crippen molar-refractivity contribution in [3.05, 3.63) is 34.9 Å². The van der Waals surface area contributed by atoms with Gasteiger partial charge in [-0.3, -0.25) is 4.79 Å². The Balaban J connectivity index is 2.90. The summed E-state index contributed by atoms with van der Waals surface area (Å²) in [6.45, 7) is 1.96. The number of Topliss-reactive ketones (excluding diaryl/α,β-unsaturated/α-hetero) is 1. The summed E-state index contributed by atoms with van der Waals surface area (Å²) in [5.41, 5.74) is 2.87. The summed E-state index contributed by atoms with van der Waals surface area (Å²) >= 11 is 3.12. The molecule has 1 N–H and O–H groups in total. The maximum atomic E-state index is 11.2. The first kappa shape index (κ1) is 11.4. The van der Waals surface area contributed by atoms with Crippen LogP contribution in [0.2, 0.25) is 0 Å². The van der Waals surface area contributed by atoms with Crippen molar-refractivity contribution < 1.29 is 9.90 Å². The van der Waals surface area contributed by atoms with Crippen molar-refractivity contribution in [2.75, 3.05) is 5.33 Å². The molecule has 0 amide bonds. The van der Waals surface area contributed by atoms with Crippen molar-refractivity contribution in [3.63, 3.8) is 0 Å². The van der Waals surface area contributed by atoms with Gasteiger partial charge in [-0.15, -0.1) is 0 Å². The minimum absolute atomic E-state index is 0.00736. The first-order chi connectivity index (χ1) is 6.67. The SMILES string of the molecule is Cc1ccc(CC(=O)CBr)c(CO)c1. The van der Waals surface area contributed by atoms with E-state index in [1.807, 2.05) is 25.1 Å². The Bertz CT molecular complexity index is 334. The van der Waals surface area contributed by atoms with Crippen LogP contribution >= 0.6 is 15.9 Å². The molecule has 1 aromatic rings. The molecule has 0 spiro atoms. The summed E-state index contributed by atoms with van der Waals surface area (Å²) in [7, 11) is 0. The number of halogens is 1. The number of aryl methyl sites for hydroxylation is 1. The molecule has 1 rings (SSSR count). The number of hydrogen-bond donors (Lipinski definition) is 1. The number of aliphatic hydroxyl groups is 1. The molecule has 0 aromatic heterocycles. The molecular formula is C11H13BrO2. The quantitative estimate of drug-likeness (QED) is 0.837. The van der Waals surface area contributed by atoms with E-state index in [9.17, 15) is 4.79 Å². The average Bonchev–Trinajstić information content (AvgIpc) is 2.20. The molecular weight excluding hydrogens is 244 g/mol. The van der Waals surface area contributed by atoms with Gasteiger partial charge in [0.1, 0.15) is 5.78 Å². The van der Waals surface area contributed by atoms with Crippen molar-refractivity contribution >= 4 is 21.7 Å². The number of ketones is 1. The zero-order valence-electron chi connectivity index (χ0n) is 8.09. The van der Waals surface area contributed by atoms with Gasteiger partial charge in [0.05, 0.1) is 11.9 Å². The number of benzene rings is 1. The first-order valence-electron chi connectivity index (χ1n) is 4.44. The van der Waals surface area contributed by atoms with Crippen LogP contribution in [-0.4, -0.2) is 16.2 Å². The number of carbonyl (C=O) groups is 1. The third-order valence-electron chi connectivity index (χ3n) is 2.07. The van der Waals surface area contributed by atoms with Crippen molar-refractivity contribution in [2.45, 2.75) is 20.0 Å². The van der Waals surface area contributed by atoms with E-state index in [4.69, 9.17) is 5.11 Å². The van der Waals surface area contributed by atoms with E-state index in [0.29, 0.717) is 11.8 Å². The summed E-state index contributed by atoms with van der Waals surface area (Å²) in [6.07, 6.45) is 0.390. The van der Waals surface area contributed by atoms with Crippen molar-refractivity contribution in [1.29, 1.82) is 0 Å². The second kappa shape index (κ2) is 5.27. The Hall–Kier alpha value is -0.670. The van der Waals surface area contributed by atoms with E-state index in [-0.39, 0.29) is 12.4 Å². The Labute approximate surface area is 92.1 Å². The Kier molecular flexibility index (Phi) is 4.29.